The number of anilines is 2. The average Bonchev–Trinajstić information content (AvgIpc) is 3.39. The summed E-state index contributed by atoms with van der Waals surface area (Å²) in [6.45, 7) is 1.99. The van der Waals surface area contributed by atoms with Gasteiger partial charge in [-0.25, -0.2) is 0 Å². The van der Waals surface area contributed by atoms with Crippen LogP contribution in [-0.2, 0) is 6.61 Å². The van der Waals surface area contributed by atoms with E-state index in [0.717, 1.165) is 33.1 Å². The third kappa shape index (κ3) is 2.98. The molecule has 0 radical (unpaired) electrons. The number of benzene rings is 2. The zero-order valence-electron chi connectivity index (χ0n) is 16.2. The molecule has 3 aromatic heterocycles. The standard InChI is InChI=1S/C24H18N4O2/c1-14-6-21-16(4-5-27-21)8-20(14)28-24-18(10-25)11-26-12-19(24)23-9-17-7-15(13-29)2-3-22(17)30-23/h2-9,11-12,27,29H,13H2,1H3,(H,26,28). The normalized spacial score (nSPS) is 11.1. The molecular formula is C24H18N4O2. The fraction of sp³-hybridized carbons (Fsp3) is 0.0833. The van der Waals surface area contributed by atoms with E-state index in [4.69, 9.17) is 4.42 Å². The first kappa shape index (κ1) is 18.0. The van der Waals surface area contributed by atoms with Crippen LogP contribution in [0.25, 0.3) is 33.2 Å². The largest absolute Gasteiger partial charge is 0.456 e. The first-order valence-electron chi connectivity index (χ1n) is 9.53. The molecule has 6 nitrogen and oxygen atoms in total. The number of nitrogens with one attached hydrogen (secondary N) is 2. The molecule has 5 aromatic rings. The summed E-state index contributed by atoms with van der Waals surface area (Å²) in [4.78, 5) is 7.45. The van der Waals surface area contributed by atoms with Crippen molar-refractivity contribution in [2.45, 2.75) is 13.5 Å². The molecule has 0 fully saturated rings. The van der Waals surface area contributed by atoms with Crippen molar-refractivity contribution in [3.05, 3.63) is 77.7 Å². The van der Waals surface area contributed by atoms with E-state index < -0.39 is 0 Å². The average molecular weight is 394 g/mol. The van der Waals surface area contributed by atoms with Gasteiger partial charge in [0.1, 0.15) is 17.4 Å². The minimum absolute atomic E-state index is 0.0321. The molecule has 6 heteroatoms. The fourth-order valence-corrected chi connectivity index (χ4v) is 3.67. The SMILES string of the molecule is Cc1cc2[nH]ccc2cc1Nc1c(C#N)cncc1-c1cc2cc(CO)ccc2o1. The second kappa shape index (κ2) is 7.07. The molecule has 0 saturated carbocycles. The maximum atomic E-state index is 9.69. The second-order valence-corrected chi connectivity index (χ2v) is 7.22. The van der Waals surface area contributed by atoms with Crippen LogP contribution in [-0.4, -0.2) is 15.1 Å². The molecule has 0 atom stereocenters. The maximum absolute atomic E-state index is 9.69. The lowest BCUT2D eigenvalue weighted by atomic mass is 10.1. The van der Waals surface area contributed by atoms with E-state index in [2.05, 4.69) is 33.5 Å². The van der Waals surface area contributed by atoms with Crippen molar-refractivity contribution in [2.75, 3.05) is 5.32 Å². The molecule has 3 N–H and O–H groups in total. The molecule has 0 bridgehead atoms. The van der Waals surface area contributed by atoms with Gasteiger partial charge in [0, 0.05) is 40.6 Å². The molecule has 0 amide bonds. The summed E-state index contributed by atoms with van der Waals surface area (Å²) in [5.74, 6) is 0.604. The lowest BCUT2D eigenvalue weighted by Crippen LogP contribution is -1.99. The Hall–Kier alpha value is -4.08. The smallest absolute Gasteiger partial charge is 0.139 e. The summed E-state index contributed by atoms with van der Waals surface area (Å²) in [5.41, 5.74) is 6.31. The number of furan rings is 1. The van der Waals surface area contributed by atoms with Gasteiger partial charge in [0.2, 0.25) is 0 Å². The van der Waals surface area contributed by atoms with Crippen LogP contribution in [0.5, 0.6) is 0 Å². The molecule has 146 valence electrons. The summed E-state index contributed by atoms with van der Waals surface area (Å²) in [6, 6.07) is 15.8. The molecule has 0 aliphatic rings. The fourth-order valence-electron chi connectivity index (χ4n) is 3.67. The quantitative estimate of drug-likeness (QED) is 0.379. The number of aromatic nitrogens is 2. The van der Waals surface area contributed by atoms with Crippen LogP contribution in [0.1, 0.15) is 16.7 Å². The number of rotatable bonds is 4. The van der Waals surface area contributed by atoms with Crippen molar-refractivity contribution in [3.63, 3.8) is 0 Å². The number of aliphatic hydroxyl groups excluding tert-OH is 1. The predicted octanol–water partition coefficient (Wildman–Crippen LogP) is 5.39. The Bertz CT molecular complexity index is 1440. The number of nitrogens with zero attached hydrogens (tertiary/aromatic N) is 2. The van der Waals surface area contributed by atoms with Crippen LogP contribution < -0.4 is 5.32 Å². The lowest BCUT2D eigenvalue weighted by Gasteiger charge is -2.14. The van der Waals surface area contributed by atoms with Crippen molar-refractivity contribution in [1.82, 2.24) is 9.97 Å². The zero-order chi connectivity index (χ0) is 20.7. The maximum Gasteiger partial charge on any atom is 0.139 e. The summed E-state index contributed by atoms with van der Waals surface area (Å²) in [5, 5.41) is 24.5. The highest BCUT2D eigenvalue weighted by Crippen LogP contribution is 2.37. The van der Waals surface area contributed by atoms with Crippen molar-refractivity contribution in [2.24, 2.45) is 0 Å². The van der Waals surface area contributed by atoms with E-state index in [0.29, 0.717) is 28.2 Å². The van der Waals surface area contributed by atoms with E-state index in [9.17, 15) is 10.4 Å². The molecule has 2 aromatic carbocycles. The van der Waals surface area contributed by atoms with Crippen molar-refractivity contribution in [3.8, 4) is 17.4 Å². The molecule has 0 unspecified atom stereocenters. The van der Waals surface area contributed by atoms with Gasteiger partial charge in [-0.3, -0.25) is 4.98 Å². The Morgan fingerprint density at radius 2 is 2.03 bits per heavy atom. The summed E-state index contributed by atoms with van der Waals surface area (Å²) in [6.07, 6.45) is 5.14. The van der Waals surface area contributed by atoms with Gasteiger partial charge in [-0.1, -0.05) is 6.07 Å². The summed E-state index contributed by atoms with van der Waals surface area (Å²) >= 11 is 0. The van der Waals surface area contributed by atoms with Gasteiger partial charge >= 0.3 is 0 Å². The van der Waals surface area contributed by atoms with Crippen molar-refractivity contribution in [1.29, 1.82) is 5.26 Å². The van der Waals surface area contributed by atoms with Gasteiger partial charge in [0.15, 0.2) is 0 Å². The Morgan fingerprint density at radius 1 is 1.13 bits per heavy atom. The first-order chi connectivity index (χ1) is 14.7. The molecule has 0 spiro atoms. The van der Waals surface area contributed by atoms with Gasteiger partial charge in [-0.2, -0.15) is 5.26 Å². The molecular weight excluding hydrogens is 376 g/mol. The molecule has 3 heterocycles. The lowest BCUT2D eigenvalue weighted by molar-refractivity contribution is 0.282. The predicted molar refractivity (Wildman–Crippen MR) is 116 cm³/mol. The topological polar surface area (TPSA) is 97.9 Å². The van der Waals surface area contributed by atoms with Crippen LogP contribution in [0.2, 0.25) is 0 Å². The van der Waals surface area contributed by atoms with E-state index in [1.54, 1.807) is 12.4 Å². The summed E-state index contributed by atoms with van der Waals surface area (Å²) < 4.78 is 6.04. The van der Waals surface area contributed by atoms with Crippen molar-refractivity contribution >= 4 is 33.2 Å². The van der Waals surface area contributed by atoms with Gasteiger partial charge in [0.05, 0.1) is 23.4 Å². The minimum atomic E-state index is -0.0321. The number of fused-ring (bicyclic) bond motifs is 2. The van der Waals surface area contributed by atoms with Crippen molar-refractivity contribution < 1.29 is 9.52 Å². The van der Waals surface area contributed by atoms with Gasteiger partial charge in [-0.05, 0) is 54.4 Å². The molecule has 30 heavy (non-hydrogen) atoms. The monoisotopic (exact) mass is 394 g/mol. The third-order valence-corrected chi connectivity index (χ3v) is 5.25. The second-order valence-electron chi connectivity index (χ2n) is 7.22. The number of pyridine rings is 1. The van der Waals surface area contributed by atoms with Crippen LogP contribution in [0.4, 0.5) is 11.4 Å². The van der Waals surface area contributed by atoms with E-state index in [1.807, 2.05) is 43.5 Å². The highest BCUT2D eigenvalue weighted by atomic mass is 16.3. The van der Waals surface area contributed by atoms with Crippen LogP contribution >= 0.6 is 0 Å². The van der Waals surface area contributed by atoms with E-state index >= 15 is 0 Å². The molecule has 0 saturated heterocycles. The van der Waals surface area contributed by atoms with Crippen LogP contribution in [0.15, 0.2) is 65.5 Å². The van der Waals surface area contributed by atoms with E-state index in [-0.39, 0.29) is 6.61 Å². The first-order valence-corrected chi connectivity index (χ1v) is 9.53. The number of hydrogen-bond donors (Lipinski definition) is 3. The number of aliphatic hydroxyl groups is 1. The van der Waals surface area contributed by atoms with Crippen LogP contribution in [0.3, 0.4) is 0 Å². The number of H-pyrrole nitrogens is 1. The Morgan fingerprint density at radius 3 is 2.87 bits per heavy atom. The van der Waals surface area contributed by atoms with Gasteiger partial charge in [0.25, 0.3) is 0 Å². The molecule has 5 rings (SSSR count). The Kier molecular flexibility index (Phi) is 4.24. The van der Waals surface area contributed by atoms with E-state index in [1.165, 1.54) is 0 Å². The number of hydrogen-bond acceptors (Lipinski definition) is 5. The Labute approximate surface area is 172 Å². The van der Waals surface area contributed by atoms with Crippen LogP contribution in [0, 0.1) is 18.3 Å². The zero-order valence-corrected chi connectivity index (χ0v) is 16.2. The number of aromatic amines is 1. The van der Waals surface area contributed by atoms with Gasteiger partial charge in [-0.15, -0.1) is 0 Å². The van der Waals surface area contributed by atoms with Gasteiger partial charge < -0.3 is 19.8 Å². The number of aryl methyl sites for hydroxylation is 1. The third-order valence-electron chi connectivity index (χ3n) is 5.25. The highest BCUT2D eigenvalue weighted by molar-refractivity contribution is 5.91. The molecule has 0 aliphatic carbocycles. The number of nitriles is 1. The minimum Gasteiger partial charge on any atom is -0.456 e. The Balaban J connectivity index is 1.65. The highest BCUT2D eigenvalue weighted by Gasteiger charge is 2.16. The molecule has 0 aliphatic heterocycles. The summed E-state index contributed by atoms with van der Waals surface area (Å²) in [7, 11) is 0.